The molecule has 2 unspecified atom stereocenters. The molecule has 2 N–H and O–H groups in total. The average Bonchev–Trinajstić information content (AvgIpc) is 3.16. The first-order valence-corrected chi connectivity index (χ1v) is 10.3. The molecular formula is C20H25N3O3S2. The molecule has 0 spiro atoms. The average molecular weight is 420 g/mol. The first-order valence-electron chi connectivity index (χ1n) is 9.00. The van der Waals surface area contributed by atoms with Crippen LogP contribution < -0.4 is 5.73 Å². The van der Waals surface area contributed by atoms with Gasteiger partial charge in [-0.25, -0.2) is 9.78 Å². The third-order valence-corrected chi connectivity index (χ3v) is 5.43. The van der Waals surface area contributed by atoms with Crippen molar-refractivity contribution in [3.05, 3.63) is 52.0 Å². The number of rotatable bonds is 3. The summed E-state index contributed by atoms with van der Waals surface area (Å²) in [6, 6.07) is 9.34. The van der Waals surface area contributed by atoms with E-state index in [2.05, 4.69) is 4.98 Å². The summed E-state index contributed by atoms with van der Waals surface area (Å²) in [5, 5.41) is 2.51. The van der Waals surface area contributed by atoms with Crippen LogP contribution in [-0.4, -0.2) is 32.3 Å². The number of nitrogens with zero attached hydrogens (tertiary/aromatic N) is 2. The van der Waals surface area contributed by atoms with Crippen LogP contribution in [0.1, 0.15) is 63.0 Å². The lowest BCUT2D eigenvalue weighted by molar-refractivity contribution is -0.0796. The number of amides is 1. The molecule has 0 saturated carbocycles. The van der Waals surface area contributed by atoms with Crippen LogP contribution in [0.5, 0.6) is 0 Å². The van der Waals surface area contributed by atoms with Gasteiger partial charge in [-0.15, -0.1) is 11.3 Å². The number of thiocarbonyl (C=S) groups is 1. The van der Waals surface area contributed by atoms with Crippen molar-refractivity contribution in [2.75, 3.05) is 0 Å². The molecule has 1 saturated heterocycles. The highest BCUT2D eigenvalue weighted by atomic mass is 32.1. The van der Waals surface area contributed by atoms with Crippen LogP contribution in [0.4, 0.5) is 4.79 Å². The molecule has 1 aromatic carbocycles. The van der Waals surface area contributed by atoms with Crippen molar-refractivity contribution >= 4 is 34.6 Å². The van der Waals surface area contributed by atoms with E-state index in [1.165, 1.54) is 11.3 Å². The van der Waals surface area contributed by atoms with Crippen molar-refractivity contribution in [2.24, 2.45) is 5.73 Å². The Bertz CT molecular complexity index is 874. The van der Waals surface area contributed by atoms with Gasteiger partial charge in [0.25, 0.3) is 0 Å². The van der Waals surface area contributed by atoms with Crippen molar-refractivity contribution < 1.29 is 14.3 Å². The molecule has 0 aliphatic carbocycles. The van der Waals surface area contributed by atoms with E-state index in [1.54, 1.807) is 10.3 Å². The zero-order valence-electron chi connectivity index (χ0n) is 16.6. The number of ether oxygens (including phenoxy) is 2. The Labute approximate surface area is 174 Å². The monoisotopic (exact) mass is 419 g/mol. The second kappa shape index (κ2) is 7.42. The highest BCUT2D eigenvalue weighted by Crippen LogP contribution is 2.50. The molecule has 6 nitrogen and oxygen atoms in total. The van der Waals surface area contributed by atoms with Gasteiger partial charge < -0.3 is 15.2 Å². The zero-order chi connectivity index (χ0) is 20.7. The molecular weight excluding hydrogens is 394 g/mol. The van der Waals surface area contributed by atoms with E-state index >= 15 is 0 Å². The molecule has 2 atom stereocenters. The Hall–Kier alpha value is -2.03. The van der Waals surface area contributed by atoms with Crippen LogP contribution in [0.25, 0.3) is 0 Å². The third kappa shape index (κ3) is 4.19. The first-order chi connectivity index (χ1) is 13.0. The number of thiazole rings is 1. The van der Waals surface area contributed by atoms with E-state index in [0.717, 1.165) is 5.56 Å². The number of benzene rings is 1. The van der Waals surface area contributed by atoms with Gasteiger partial charge in [0, 0.05) is 5.38 Å². The summed E-state index contributed by atoms with van der Waals surface area (Å²) in [4.78, 5) is 19.6. The highest BCUT2D eigenvalue weighted by molar-refractivity contribution is 7.80. The SMILES string of the molecule is CC(C)(C)OC(=O)N1C(c2nc(C(N)=S)cs2)C(c2ccccc2)OC1(C)C. The molecule has 0 radical (unpaired) electrons. The normalized spacial score (nSPS) is 21.5. The minimum Gasteiger partial charge on any atom is -0.444 e. The second-order valence-corrected chi connectivity index (χ2v) is 9.46. The molecule has 3 rings (SSSR count). The second-order valence-electron chi connectivity index (χ2n) is 8.13. The molecule has 8 heteroatoms. The van der Waals surface area contributed by atoms with E-state index in [-0.39, 0.29) is 4.99 Å². The summed E-state index contributed by atoms with van der Waals surface area (Å²) in [5.74, 6) is 0. The molecule has 1 amide bonds. The maximum Gasteiger partial charge on any atom is 0.413 e. The van der Waals surface area contributed by atoms with Gasteiger partial charge in [0.1, 0.15) is 39.2 Å². The Morgan fingerprint density at radius 3 is 2.50 bits per heavy atom. The lowest BCUT2D eigenvalue weighted by atomic mass is 10.0. The molecule has 0 bridgehead atoms. The minimum atomic E-state index is -0.886. The molecule has 1 aromatic heterocycles. The number of aromatic nitrogens is 1. The molecule has 1 fully saturated rings. The van der Waals surface area contributed by atoms with Crippen LogP contribution in [0.3, 0.4) is 0 Å². The van der Waals surface area contributed by atoms with Crippen LogP contribution in [0.15, 0.2) is 35.7 Å². The van der Waals surface area contributed by atoms with Crippen LogP contribution in [0, 0.1) is 0 Å². The standard InChI is InChI=1S/C20H25N3O3S2/c1-19(2,3)26-18(24)23-14(17-22-13(11-28-17)16(21)27)15(25-20(23,4)5)12-9-7-6-8-10-12/h6-11,14-15H,1-5H3,(H2,21,27). The fourth-order valence-electron chi connectivity index (χ4n) is 3.22. The van der Waals surface area contributed by atoms with E-state index < -0.39 is 29.6 Å². The molecule has 28 heavy (non-hydrogen) atoms. The van der Waals surface area contributed by atoms with Crippen molar-refractivity contribution in [3.8, 4) is 0 Å². The predicted octanol–water partition coefficient (Wildman–Crippen LogP) is 4.56. The van der Waals surface area contributed by atoms with Crippen LogP contribution in [-0.2, 0) is 9.47 Å². The van der Waals surface area contributed by atoms with Gasteiger partial charge in [-0.05, 0) is 40.2 Å². The predicted molar refractivity (Wildman–Crippen MR) is 113 cm³/mol. The Morgan fingerprint density at radius 2 is 1.96 bits per heavy atom. The van der Waals surface area contributed by atoms with Gasteiger partial charge in [-0.1, -0.05) is 42.5 Å². The summed E-state index contributed by atoms with van der Waals surface area (Å²) in [7, 11) is 0. The summed E-state index contributed by atoms with van der Waals surface area (Å²) < 4.78 is 12.0. The lowest BCUT2D eigenvalue weighted by Gasteiger charge is -2.34. The van der Waals surface area contributed by atoms with Crippen LogP contribution in [0.2, 0.25) is 0 Å². The summed E-state index contributed by atoms with van der Waals surface area (Å²) in [6.45, 7) is 9.23. The number of hydrogen-bond acceptors (Lipinski definition) is 6. The highest BCUT2D eigenvalue weighted by Gasteiger charge is 2.53. The number of nitrogens with two attached hydrogens (primary N) is 1. The van der Waals surface area contributed by atoms with E-state index in [9.17, 15) is 4.79 Å². The first kappa shape index (κ1) is 20.7. The largest absolute Gasteiger partial charge is 0.444 e. The maximum absolute atomic E-state index is 13.1. The van der Waals surface area contributed by atoms with Crippen molar-refractivity contribution in [1.29, 1.82) is 0 Å². The molecule has 1 aliphatic heterocycles. The van der Waals surface area contributed by atoms with Gasteiger partial charge in [0.15, 0.2) is 0 Å². The number of carbonyl (C=O) groups excluding carboxylic acids is 1. The van der Waals surface area contributed by atoms with Crippen LogP contribution >= 0.6 is 23.6 Å². The maximum atomic E-state index is 13.1. The minimum absolute atomic E-state index is 0.223. The van der Waals surface area contributed by atoms with Crippen molar-refractivity contribution in [3.63, 3.8) is 0 Å². The van der Waals surface area contributed by atoms with Gasteiger partial charge in [-0.2, -0.15) is 0 Å². The summed E-state index contributed by atoms with van der Waals surface area (Å²) >= 11 is 6.46. The van der Waals surface area contributed by atoms with Crippen molar-refractivity contribution in [1.82, 2.24) is 9.88 Å². The summed E-state index contributed by atoms with van der Waals surface area (Å²) in [5.41, 5.74) is 5.72. The Kier molecular flexibility index (Phi) is 5.49. The Balaban J connectivity index is 2.08. The number of hydrogen-bond donors (Lipinski definition) is 1. The van der Waals surface area contributed by atoms with E-state index in [4.69, 9.17) is 27.4 Å². The molecule has 2 heterocycles. The molecule has 2 aromatic rings. The summed E-state index contributed by atoms with van der Waals surface area (Å²) in [6.07, 6.45) is -0.845. The molecule has 1 aliphatic rings. The lowest BCUT2D eigenvalue weighted by Crippen LogP contribution is -2.47. The van der Waals surface area contributed by atoms with Gasteiger partial charge in [0.2, 0.25) is 0 Å². The van der Waals surface area contributed by atoms with Gasteiger partial charge >= 0.3 is 6.09 Å². The fourth-order valence-corrected chi connectivity index (χ4v) is 4.33. The third-order valence-electron chi connectivity index (χ3n) is 4.31. The Morgan fingerprint density at radius 1 is 1.32 bits per heavy atom. The van der Waals surface area contributed by atoms with E-state index in [0.29, 0.717) is 10.7 Å². The zero-order valence-corrected chi connectivity index (χ0v) is 18.3. The topological polar surface area (TPSA) is 77.7 Å². The fraction of sp³-hybridized carbons (Fsp3) is 0.450. The van der Waals surface area contributed by atoms with Gasteiger partial charge in [0.05, 0.1) is 0 Å². The smallest absolute Gasteiger partial charge is 0.413 e. The number of carbonyl (C=O) groups is 1. The van der Waals surface area contributed by atoms with Crippen molar-refractivity contribution in [2.45, 2.75) is 58.1 Å². The van der Waals surface area contributed by atoms with E-state index in [1.807, 2.05) is 65.0 Å². The molecule has 150 valence electrons. The quantitative estimate of drug-likeness (QED) is 0.735. The van der Waals surface area contributed by atoms with Gasteiger partial charge in [-0.3, -0.25) is 4.90 Å².